The van der Waals surface area contributed by atoms with Crippen LogP contribution in [0.1, 0.15) is 50.3 Å². The molecule has 3 rings (SSSR count). The predicted molar refractivity (Wildman–Crippen MR) is 82.6 cm³/mol. The lowest BCUT2D eigenvalue weighted by Gasteiger charge is -2.30. The van der Waals surface area contributed by atoms with Crippen LogP contribution in [0.15, 0.2) is 24.3 Å². The van der Waals surface area contributed by atoms with E-state index in [-0.39, 0.29) is 6.10 Å². The molecule has 2 aliphatic rings. The zero-order valence-corrected chi connectivity index (χ0v) is 12.8. The van der Waals surface area contributed by atoms with Gasteiger partial charge >= 0.3 is 0 Å². The summed E-state index contributed by atoms with van der Waals surface area (Å²) in [6.07, 6.45) is 4.65. The van der Waals surface area contributed by atoms with E-state index in [1.807, 2.05) is 6.07 Å². The Labute approximate surface area is 122 Å². The molecule has 110 valence electrons. The van der Waals surface area contributed by atoms with E-state index in [2.05, 4.69) is 36.9 Å². The highest BCUT2D eigenvalue weighted by molar-refractivity contribution is 5.35. The molecule has 1 aliphatic carbocycles. The van der Waals surface area contributed by atoms with Gasteiger partial charge in [-0.15, -0.1) is 0 Å². The van der Waals surface area contributed by atoms with Gasteiger partial charge in [-0.1, -0.05) is 38.1 Å². The van der Waals surface area contributed by atoms with Crippen molar-refractivity contribution in [2.24, 2.45) is 11.8 Å². The second-order valence-corrected chi connectivity index (χ2v) is 6.89. The molecule has 1 aliphatic heterocycles. The van der Waals surface area contributed by atoms with Crippen LogP contribution in [0.5, 0.6) is 0 Å². The van der Waals surface area contributed by atoms with Crippen LogP contribution in [0.25, 0.3) is 0 Å². The van der Waals surface area contributed by atoms with Gasteiger partial charge in [-0.3, -0.25) is 4.90 Å². The molecule has 0 amide bonds. The molecule has 1 saturated heterocycles. The van der Waals surface area contributed by atoms with Gasteiger partial charge in [0.1, 0.15) is 0 Å². The summed E-state index contributed by atoms with van der Waals surface area (Å²) in [6.45, 7) is 7.00. The zero-order valence-electron chi connectivity index (χ0n) is 12.8. The number of aliphatic hydroxyl groups excluding tert-OH is 1. The Kier molecular flexibility index (Phi) is 4.13. The van der Waals surface area contributed by atoms with E-state index in [0.29, 0.717) is 6.04 Å². The van der Waals surface area contributed by atoms with E-state index in [0.717, 1.165) is 36.9 Å². The summed E-state index contributed by atoms with van der Waals surface area (Å²) in [7, 11) is 0. The third-order valence-electron chi connectivity index (χ3n) is 5.39. The van der Waals surface area contributed by atoms with Gasteiger partial charge in [-0.05, 0) is 61.7 Å². The number of rotatable bonds is 2. The maximum Gasteiger partial charge on any atom is 0.0951 e. The van der Waals surface area contributed by atoms with E-state index in [9.17, 15) is 5.11 Å². The number of nitrogens with zero attached hydrogens (tertiary/aromatic N) is 1. The topological polar surface area (TPSA) is 23.5 Å². The monoisotopic (exact) mass is 273 g/mol. The first kappa shape index (κ1) is 14.1. The Morgan fingerprint density at radius 3 is 2.70 bits per heavy atom. The standard InChI is InChI=1S/C18H27NO/c1-13(2)14-7-5-10-19(11-9-14)17-12-15-6-3-4-8-16(15)18(17)20/h3-4,6,8,13-14,17-18,20H,5,7,9-12H2,1-2H3. The van der Waals surface area contributed by atoms with Gasteiger partial charge in [-0.25, -0.2) is 0 Å². The molecule has 1 heterocycles. The Morgan fingerprint density at radius 1 is 1.15 bits per heavy atom. The van der Waals surface area contributed by atoms with Gasteiger partial charge in [0.15, 0.2) is 0 Å². The fraction of sp³-hybridized carbons (Fsp3) is 0.667. The number of likely N-dealkylation sites (tertiary alicyclic amines) is 1. The number of hydrogen-bond acceptors (Lipinski definition) is 2. The fourth-order valence-electron chi connectivity index (χ4n) is 4.02. The fourth-order valence-corrected chi connectivity index (χ4v) is 4.02. The van der Waals surface area contributed by atoms with Crippen LogP contribution >= 0.6 is 0 Å². The van der Waals surface area contributed by atoms with Crippen molar-refractivity contribution in [3.63, 3.8) is 0 Å². The van der Waals surface area contributed by atoms with Crippen LogP contribution in [0.4, 0.5) is 0 Å². The minimum atomic E-state index is -0.290. The van der Waals surface area contributed by atoms with Crippen molar-refractivity contribution in [2.75, 3.05) is 13.1 Å². The summed E-state index contributed by atoms with van der Waals surface area (Å²) in [5.74, 6) is 1.65. The molecule has 2 heteroatoms. The molecular formula is C18H27NO. The maximum atomic E-state index is 10.6. The van der Waals surface area contributed by atoms with Gasteiger partial charge in [0, 0.05) is 6.04 Å². The zero-order chi connectivity index (χ0) is 14.1. The van der Waals surface area contributed by atoms with Gasteiger partial charge in [0.25, 0.3) is 0 Å². The van der Waals surface area contributed by atoms with E-state index < -0.39 is 0 Å². The van der Waals surface area contributed by atoms with E-state index in [1.54, 1.807) is 0 Å². The quantitative estimate of drug-likeness (QED) is 0.892. The van der Waals surface area contributed by atoms with Crippen molar-refractivity contribution in [2.45, 2.75) is 51.7 Å². The second kappa shape index (κ2) is 5.87. The van der Waals surface area contributed by atoms with Crippen LogP contribution in [-0.4, -0.2) is 29.1 Å². The van der Waals surface area contributed by atoms with E-state index in [1.165, 1.54) is 24.8 Å². The summed E-state index contributed by atoms with van der Waals surface area (Å²) >= 11 is 0. The molecule has 0 saturated carbocycles. The SMILES string of the molecule is CC(C)C1CCCN(C2Cc3ccccc3C2O)CC1. The van der Waals surface area contributed by atoms with Crippen molar-refractivity contribution in [3.8, 4) is 0 Å². The molecule has 1 aromatic rings. The lowest BCUT2D eigenvalue weighted by atomic mass is 9.89. The lowest BCUT2D eigenvalue weighted by Crippen LogP contribution is -2.39. The van der Waals surface area contributed by atoms with Gasteiger partial charge in [0.2, 0.25) is 0 Å². The minimum Gasteiger partial charge on any atom is -0.387 e. The largest absolute Gasteiger partial charge is 0.387 e. The Balaban J connectivity index is 1.69. The average Bonchev–Trinajstić information content (AvgIpc) is 2.65. The van der Waals surface area contributed by atoms with Gasteiger partial charge in [0.05, 0.1) is 6.10 Å². The highest BCUT2D eigenvalue weighted by atomic mass is 16.3. The van der Waals surface area contributed by atoms with Crippen molar-refractivity contribution < 1.29 is 5.11 Å². The summed E-state index contributed by atoms with van der Waals surface area (Å²) in [5.41, 5.74) is 2.50. The Hall–Kier alpha value is -0.860. The molecular weight excluding hydrogens is 246 g/mol. The van der Waals surface area contributed by atoms with Crippen molar-refractivity contribution in [3.05, 3.63) is 35.4 Å². The lowest BCUT2D eigenvalue weighted by molar-refractivity contribution is 0.0616. The molecule has 1 N–H and O–H groups in total. The maximum absolute atomic E-state index is 10.6. The first-order chi connectivity index (χ1) is 9.66. The number of hydrogen-bond donors (Lipinski definition) is 1. The summed E-state index contributed by atoms with van der Waals surface area (Å²) in [5, 5.41) is 10.6. The smallest absolute Gasteiger partial charge is 0.0951 e. The van der Waals surface area contributed by atoms with Crippen molar-refractivity contribution in [1.82, 2.24) is 4.90 Å². The van der Waals surface area contributed by atoms with Gasteiger partial charge in [-0.2, -0.15) is 0 Å². The molecule has 0 aromatic heterocycles. The predicted octanol–water partition coefficient (Wildman–Crippen LogP) is 3.40. The van der Waals surface area contributed by atoms with Crippen molar-refractivity contribution >= 4 is 0 Å². The number of benzene rings is 1. The van der Waals surface area contributed by atoms with Crippen LogP contribution < -0.4 is 0 Å². The summed E-state index contributed by atoms with van der Waals surface area (Å²) < 4.78 is 0. The third-order valence-corrected chi connectivity index (χ3v) is 5.39. The molecule has 20 heavy (non-hydrogen) atoms. The molecule has 3 atom stereocenters. The second-order valence-electron chi connectivity index (χ2n) is 6.89. The molecule has 2 nitrogen and oxygen atoms in total. The summed E-state index contributed by atoms with van der Waals surface area (Å²) in [6, 6.07) is 8.70. The van der Waals surface area contributed by atoms with Crippen LogP contribution in [-0.2, 0) is 6.42 Å². The van der Waals surface area contributed by atoms with E-state index in [4.69, 9.17) is 0 Å². The number of fused-ring (bicyclic) bond motifs is 1. The molecule has 0 radical (unpaired) electrons. The first-order valence-corrected chi connectivity index (χ1v) is 8.16. The summed E-state index contributed by atoms with van der Waals surface area (Å²) in [4.78, 5) is 2.55. The highest BCUT2D eigenvalue weighted by Gasteiger charge is 2.35. The Bertz CT molecular complexity index is 456. The van der Waals surface area contributed by atoms with Gasteiger partial charge < -0.3 is 5.11 Å². The molecule has 1 aromatic carbocycles. The molecule has 0 bridgehead atoms. The highest BCUT2D eigenvalue weighted by Crippen LogP contribution is 2.36. The molecule has 0 spiro atoms. The van der Waals surface area contributed by atoms with Crippen LogP contribution in [0.2, 0.25) is 0 Å². The molecule has 1 fully saturated rings. The van der Waals surface area contributed by atoms with E-state index >= 15 is 0 Å². The first-order valence-electron chi connectivity index (χ1n) is 8.16. The van der Waals surface area contributed by atoms with Crippen LogP contribution in [0.3, 0.4) is 0 Å². The molecule has 3 unspecified atom stereocenters. The Morgan fingerprint density at radius 2 is 1.95 bits per heavy atom. The normalized spacial score (nSPS) is 31.3. The van der Waals surface area contributed by atoms with Crippen molar-refractivity contribution in [1.29, 1.82) is 0 Å². The third kappa shape index (κ3) is 2.64. The minimum absolute atomic E-state index is 0.290. The number of aliphatic hydroxyl groups is 1. The average molecular weight is 273 g/mol. The van der Waals surface area contributed by atoms with Crippen LogP contribution in [0, 0.1) is 11.8 Å².